The van der Waals surface area contributed by atoms with Crippen LogP contribution in [-0.4, -0.2) is 29.8 Å². The molecule has 2 N–H and O–H groups in total. The van der Waals surface area contributed by atoms with E-state index in [1.54, 1.807) is 6.92 Å². The van der Waals surface area contributed by atoms with E-state index in [4.69, 9.17) is 9.88 Å². The molecule has 0 saturated carbocycles. The molecule has 1 rings (SSSR count). The lowest BCUT2D eigenvalue weighted by Gasteiger charge is -2.10. The highest BCUT2D eigenvalue weighted by molar-refractivity contribution is 7.89. The van der Waals surface area contributed by atoms with Crippen molar-refractivity contribution in [2.45, 2.75) is 32.5 Å². The van der Waals surface area contributed by atoms with Crippen LogP contribution in [0.1, 0.15) is 20.8 Å². The maximum Gasteiger partial charge on any atom is 0.317 e. The van der Waals surface area contributed by atoms with Crippen molar-refractivity contribution in [3.05, 3.63) is 0 Å². The summed E-state index contributed by atoms with van der Waals surface area (Å²) in [4.78, 5) is 0. The van der Waals surface area contributed by atoms with Gasteiger partial charge in [0.15, 0.2) is 0 Å². The SMILES string of the molecule is CCOc1nnc(S(N)(=O)=O)n1CC(C)C. The second-order valence-corrected chi connectivity index (χ2v) is 5.20. The third-order valence-corrected chi connectivity index (χ3v) is 2.57. The van der Waals surface area contributed by atoms with Gasteiger partial charge in [-0.05, 0) is 12.8 Å². The van der Waals surface area contributed by atoms with Gasteiger partial charge in [-0.1, -0.05) is 18.9 Å². The van der Waals surface area contributed by atoms with E-state index < -0.39 is 10.0 Å². The first-order chi connectivity index (χ1) is 7.36. The van der Waals surface area contributed by atoms with Crippen LogP contribution in [0.2, 0.25) is 0 Å². The third-order valence-electron chi connectivity index (χ3n) is 1.76. The molecule has 0 bridgehead atoms. The zero-order valence-corrected chi connectivity index (χ0v) is 10.4. The topological polar surface area (TPSA) is 100 Å². The maximum absolute atomic E-state index is 11.3. The Hall–Kier alpha value is -1.15. The number of nitrogens with two attached hydrogens (primary N) is 1. The third kappa shape index (κ3) is 2.92. The second kappa shape index (κ2) is 4.79. The van der Waals surface area contributed by atoms with Gasteiger partial charge in [0.05, 0.1) is 6.61 Å². The lowest BCUT2D eigenvalue weighted by Crippen LogP contribution is -2.20. The fourth-order valence-corrected chi connectivity index (χ4v) is 1.86. The van der Waals surface area contributed by atoms with Gasteiger partial charge >= 0.3 is 6.01 Å². The van der Waals surface area contributed by atoms with E-state index in [0.717, 1.165) is 0 Å². The fourth-order valence-electron chi connectivity index (χ4n) is 1.24. The number of primary sulfonamides is 1. The van der Waals surface area contributed by atoms with E-state index in [1.807, 2.05) is 13.8 Å². The molecule has 0 radical (unpaired) electrons. The molecule has 8 heteroatoms. The second-order valence-electron chi connectivity index (χ2n) is 3.75. The standard InChI is InChI=1S/C8H16N4O3S/c1-4-15-7-10-11-8(16(9,13)14)12(7)5-6(2)3/h6H,4-5H2,1-3H3,(H2,9,13,14). The summed E-state index contributed by atoms with van der Waals surface area (Å²) in [6.45, 7) is 6.51. The molecular formula is C8H16N4O3S. The van der Waals surface area contributed by atoms with Gasteiger partial charge in [0.25, 0.3) is 15.2 Å². The molecule has 92 valence electrons. The number of aromatic nitrogens is 3. The number of ether oxygens (including phenoxy) is 1. The minimum atomic E-state index is -3.87. The highest BCUT2D eigenvalue weighted by Crippen LogP contribution is 2.16. The Kier molecular flexibility index (Phi) is 3.87. The Bertz CT molecular complexity index is 452. The van der Waals surface area contributed by atoms with Gasteiger partial charge in [0.1, 0.15) is 0 Å². The Balaban J connectivity index is 3.19. The molecule has 0 fully saturated rings. The fraction of sp³-hybridized carbons (Fsp3) is 0.750. The highest BCUT2D eigenvalue weighted by atomic mass is 32.2. The van der Waals surface area contributed by atoms with Crippen molar-refractivity contribution < 1.29 is 13.2 Å². The first kappa shape index (κ1) is 12.9. The van der Waals surface area contributed by atoms with Crippen molar-refractivity contribution in [1.29, 1.82) is 0 Å². The lowest BCUT2D eigenvalue weighted by atomic mass is 10.2. The molecule has 0 aliphatic carbocycles. The van der Waals surface area contributed by atoms with E-state index in [2.05, 4.69) is 10.2 Å². The van der Waals surface area contributed by atoms with Crippen LogP contribution in [0, 0.1) is 5.92 Å². The average molecular weight is 248 g/mol. The summed E-state index contributed by atoms with van der Waals surface area (Å²) < 4.78 is 29.1. The van der Waals surface area contributed by atoms with Gasteiger partial charge in [-0.25, -0.2) is 13.6 Å². The molecule has 0 aliphatic rings. The smallest absolute Gasteiger partial charge is 0.317 e. The Morgan fingerprint density at radius 1 is 1.44 bits per heavy atom. The molecule has 0 atom stereocenters. The van der Waals surface area contributed by atoms with Gasteiger partial charge in [0, 0.05) is 6.54 Å². The van der Waals surface area contributed by atoms with E-state index in [1.165, 1.54) is 4.57 Å². The van der Waals surface area contributed by atoms with Gasteiger partial charge in [0.2, 0.25) is 0 Å². The summed E-state index contributed by atoms with van der Waals surface area (Å²) in [5.41, 5.74) is 0. The number of hydrogen-bond donors (Lipinski definition) is 1. The van der Waals surface area contributed by atoms with Crippen molar-refractivity contribution in [1.82, 2.24) is 14.8 Å². The largest absolute Gasteiger partial charge is 0.464 e. The van der Waals surface area contributed by atoms with Crippen LogP contribution in [0.25, 0.3) is 0 Å². The van der Waals surface area contributed by atoms with Crippen LogP contribution < -0.4 is 9.88 Å². The van der Waals surface area contributed by atoms with Gasteiger partial charge in [-0.3, -0.25) is 4.57 Å². The van der Waals surface area contributed by atoms with Crippen LogP contribution in [0.4, 0.5) is 0 Å². The Morgan fingerprint density at radius 3 is 2.50 bits per heavy atom. The molecular weight excluding hydrogens is 232 g/mol. The van der Waals surface area contributed by atoms with Gasteiger partial charge in [-0.15, -0.1) is 5.10 Å². The monoisotopic (exact) mass is 248 g/mol. The predicted molar refractivity (Wildman–Crippen MR) is 57.4 cm³/mol. The summed E-state index contributed by atoms with van der Waals surface area (Å²) in [6.07, 6.45) is 0. The zero-order valence-electron chi connectivity index (χ0n) is 9.54. The van der Waals surface area contributed by atoms with Crippen molar-refractivity contribution in [3.8, 4) is 6.01 Å². The molecule has 1 aromatic heterocycles. The predicted octanol–water partition coefficient (Wildman–Crippen LogP) is -0.0198. The molecule has 0 aromatic carbocycles. The molecule has 0 amide bonds. The summed E-state index contributed by atoms with van der Waals surface area (Å²) in [5.74, 6) is 0.232. The van der Waals surface area contributed by atoms with Crippen molar-refractivity contribution in [2.75, 3.05) is 6.61 Å². The molecule has 0 unspecified atom stereocenters. The normalized spacial score (nSPS) is 12.1. The first-order valence-corrected chi connectivity index (χ1v) is 6.49. The zero-order chi connectivity index (χ0) is 12.3. The van der Waals surface area contributed by atoms with Crippen molar-refractivity contribution >= 4 is 10.0 Å². The molecule has 7 nitrogen and oxygen atoms in total. The number of rotatable bonds is 5. The number of hydrogen-bond acceptors (Lipinski definition) is 5. The quantitative estimate of drug-likeness (QED) is 0.789. The molecule has 0 aliphatic heterocycles. The van der Waals surface area contributed by atoms with Crippen LogP contribution in [0.5, 0.6) is 6.01 Å². The van der Waals surface area contributed by atoms with Crippen LogP contribution in [-0.2, 0) is 16.6 Å². The summed E-state index contributed by atoms with van der Waals surface area (Å²) in [6, 6.07) is 0.181. The van der Waals surface area contributed by atoms with E-state index >= 15 is 0 Å². The lowest BCUT2D eigenvalue weighted by molar-refractivity contribution is 0.284. The van der Waals surface area contributed by atoms with Gasteiger partial charge in [-0.2, -0.15) is 0 Å². The van der Waals surface area contributed by atoms with Crippen molar-refractivity contribution in [2.24, 2.45) is 11.1 Å². The molecule has 0 spiro atoms. The molecule has 1 aromatic rings. The Labute approximate surface area is 94.7 Å². The summed E-state index contributed by atoms with van der Waals surface area (Å²) in [7, 11) is -3.87. The summed E-state index contributed by atoms with van der Waals surface area (Å²) in [5, 5.41) is 12.0. The minimum absolute atomic E-state index is 0.181. The van der Waals surface area contributed by atoms with E-state index in [9.17, 15) is 8.42 Å². The van der Waals surface area contributed by atoms with Gasteiger partial charge < -0.3 is 4.74 Å². The number of nitrogens with zero attached hydrogens (tertiary/aromatic N) is 3. The molecule has 1 heterocycles. The molecule has 0 saturated heterocycles. The Morgan fingerprint density at radius 2 is 2.06 bits per heavy atom. The van der Waals surface area contributed by atoms with E-state index in [-0.39, 0.29) is 17.1 Å². The highest BCUT2D eigenvalue weighted by Gasteiger charge is 2.22. The van der Waals surface area contributed by atoms with Crippen molar-refractivity contribution in [3.63, 3.8) is 0 Å². The molecule has 16 heavy (non-hydrogen) atoms. The van der Waals surface area contributed by atoms with E-state index in [0.29, 0.717) is 13.2 Å². The van der Waals surface area contributed by atoms with Crippen LogP contribution >= 0.6 is 0 Å². The maximum atomic E-state index is 11.3. The van der Waals surface area contributed by atoms with Crippen LogP contribution in [0.15, 0.2) is 5.16 Å². The minimum Gasteiger partial charge on any atom is -0.464 e. The number of sulfonamides is 1. The summed E-state index contributed by atoms with van der Waals surface area (Å²) >= 11 is 0. The first-order valence-electron chi connectivity index (χ1n) is 4.95. The van der Waals surface area contributed by atoms with Crippen LogP contribution in [0.3, 0.4) is 0 Å². The average Bonchev–Trinajstić information content (AvgIpc) is 2.47.